The molecule has 0 heterocycles. The second kappa shape index (κ2) is 4.25. The number of hydrogen-bond acceptors (Lipinski definition) is 4. The lowest BCUT2D eigenvalue weighted by atomic mass is 10.1. The van der Waals surface area contributed by atoms with Crippen LogP contribution in [-0.2, 0) is 14.3 Å². The van der Waals surface area contributed by atoms with Crippen LogP contribution >= 0.6 is 0 Å². The second-order valence-electron chi connectivity index (χ2n) is 5.13. The minimum Gasteiger partial charge on any atom is -0.481 e. The Bertz CT molecular complexity index is 463. The first kappa shape index (κ1) is 13.4. The molecule has 4 N–H and O–H groups in total. The third-order valence-corrected chi connectivity index (χ3v) is 3.63. The van der Waals surface area contributed by atoms with Gasteiger partial charge in [-0.25, -0.2) is 9.59 Å². The van der Waals surface area contributed by atoms with E-state index in [1.165, 1.54) is 0 Å². The third kappa shape index (κ3) is 2.54. The molecule has 0 aliphatic heterocycles. The standard InChI is InChI=1S/C12H16N2O5/c1-7(6-8(15)16)9(17)19-12(4-5-12)11(2-3-11)14-10(13)18/h1-6H2,(H,15,16)(H3,13,14,18). The molecule has 19 heavy (non-hydrogen) atoms. The van der Waals surface area contributed by atoms with Crippen LogP contribution in [0.5, 0.6) is 0 Å². The molecule has 0 spiro atoms. The van der Waals surface area contributed by atoms with Crippen molar-refractivity contribution in [2.75, 3.05) is 0 Å². The van der Waals surface area contributed by atoms with E-state index < -0.39 is 35.5 Å². The van der Waals surface area contributed by atoms with Crippen molar-refractivity contribution in [3.8, 4) is 0 Å². The van der Waals surface area contributed by atoms with Crippen molar-refractivity contribution in [3.05, 3.63) is 12.2 Å². The van der Waals surface area contributed by atoms with Gasteiger partial charge in [-0.2, -0.15) is 0 Å². The summed E-state index contributed by atoms with van der Waals surface area (Å²) in [5.41, 5.74) is 3.70. The predicted octanol–water partition coefficient (Wildman–Crippen LogP) is 0.294. The number of primary amides is 1. The molecule has 2 aliphatic rings. The van der Waals surface area contributed by atoms with E-state index in [0.29, 0.717) is 25.7 Å². The molecule has 0 aromatic rings. The monoisotopic (exact) mass is 268 g/mol. The number of carbonyl (C=O) groups is 3. The number of rotatable bonds is 6. The van der Waals surface area contributed by atoms with Crippen LogP contribution in [0.4, 0.5) is 4.79 Å². The lowest BCUT2D eigenvalue weighted by Gasteiger charge is -2.27. The van der Waals surface area contributed by atoms with Crippen LogP contribution in [0.2, 0.25) is 0 Å². The summed E-state index contributed by atoms with van der Waals surface area (Å²) in [4.78, 5) is 33.2. The Kier molecular flexibility index (Phi) is 3.00. The number of carboxylic acids is 1. The normalized spacial score (nSPS) is 21.1. The molecule has 7 heteroatoms. The first-order valence-corrected chi connectivity index (χ1v) is 6.01. The zero-order chi connectivity index (χ0) is 14.3. The van der Waals surface area contributed by atoms with Crippen LogP contribution in [0.1, 0.15) is 32.1 Å². The van der Waals surface area contributed by atoms with Gasteiger partial charge in [-0.05, 0) is 25.7 Å². The molecule has 2 amide bonds. The van der Waals surface area contributed by atoms with Crippen molar-refractivity contribution in [2.45, 2.75) is 43.2 Å². The van der Waals surface area contributed by atoms with E-state index in [0.717, 1.165) is 0 Å². The molecule has 0 radical (unpaired) electrons. The molecule has 104 valence electrons. The molecule has 0 unspecified atom stereocenters. The van der Waals surface area contributed by atoms with Gasteiger partial charge >= 0.3 is 18.0 Å². The average molecular weight is 268 g/mol. The van der Waals surface area contributed by atoms with E-state index in [1.54, 1.807) is 0 Å². The number of ether oxygens (including phenoxy) is 1. The molecule has 0 atom stereocenters. The molecule has 2 saturated carbocycles. The highest BCUT2D eigenvalue weighted by atomic mass is 16.6. The molecular formula is C12H16N2O5. The average Bonchev–Trinajstić information content (AvgIpc) is 3.13. The maximum atomic E-state index is 11.8. The summed E-state index contributed by atoms with van der Waals surface area (Å²) in [7, 11) is 0. The third-order valence-electron chi connectivity index (χ3n) is 3.63. The summed E-state index contributed by atoms with van der Waals surface area (Å²) < 4.78 is 5.37. The quantitative estimate of drug-likeness (QED) is 0.472. The van der Waals surface area contributed by atoms with E-state index in [1.807, 2.05) is 0 Å². The zero-order valence-electron chi connectivity index (χ0n) is 10.4. The van der Waals surface area contributed by atoms with Crippen LogP contribution < -0.4 is 11.1 Å². The number of nitrogens with one attached hydrogen (secondary N) is 1. The molecule has 0 saturated heterocycles. The lowest BCUT2D eigenvalue weighted by molar-refractivity contribution is -0.150. The van der Waals surface area contributed by atoms with Gasteiger partial charge < -0.3 is 20.9 Å². The maximum absolute atomic E-state index is 11.8. The molecule has 0 bridgehead atoms. The largest absolute Gasteiger partial charge is 0.481 e. The number of esters is 1. The highest BCUT2D eigenvalue weighted by molar-refractivity contribution is 5.93. The van der Waals surface area contributed by atoms with Crippen molar-refractivity contribution < 1.29 is 24.2 Å². The van der Waals surface area contributed by atoms with E-state index in [-0.39, 0.29) is 5.57 Å². The van der Waals surface area contributed by atoms with Crippen LogP contribution in [0.15, 0.2) is 12.2 Å². The fourth-order valence-electron chi connectivity index (χ4n) is 2.35. The summed E-state index contributed by atoms with van der Waals surface area (Å²) in [5.74, 6) is -1.86. The lowest BCUT2D eigenvalue weighted by Crippen LogP contribution is -2.51. The molecule has 0 aromatic carbocycles. The van der Waals surface area contributed by atoms with Crippen LogP contribution in [0.25, 0.3) is 0 Å². The van der Waals surface area contributed by atoms with Crippen molar-refractivity contribution in [1.82, 2.24) is 5.32 Å². The minimum atomic E-state index is -1.14. The van der Waals surface area contributed by atoms with E-state index in [2.05, 4.69) is 11.9 Å². The molecule has 0 aromatic heterocycles. The van der Waals surface area contributed by atoms with Gasteiger partial charge in [-0.3, -0.25) is 4.79 Å². The highest BCUT2D eigenvalue weighted by Crippen LogP contribution is 2.59. The Balaban J connectivity index is 1.99. The molecule has 2 aliphatic carbocycles. The van der Waals surface area contributed by atoms with Gasteiger partial charge in [-0.15, -0.1) is 0 Å². The fraction of sp³-hybridized carbons (Fsp3) is 0.583. The number of amides is 2. The first-order chi connectivity index (χ1) is 8.80. The second-order valence-corrected chi connectivity index (χ2v) is 5.13. The van der Waals surface area contributed by atoms with E-state index >= 15 is 0 Å². The number of carbonyl (C=O) groups excluding carboxylic acids is 2. The number of nitrogens with two attached hydrogens (primary N) is 1. The number of carboxylic acid groups (broad SMARTS) is 1. The topological polar surface area (TPSA) is 119 Å². The van der Waals surface area contributed by atoms with Gasteiger partial charge in [0.2, 0.25) is 0 Å². The van der Waals surface area contributed by atoms with E-state index in [4.69, 9.17) is 15.6 Å². The SMILES string of the molecule is C=C(CC(=O)O)C(=O)OC1(C2(NC(N)=O)CC2)CC1. The van der Waals surface area contributed by atoms with Gasteiger partial charge in [0.15, 0.2) is 0 Å². The van der Waals surface area contributed by atoms with E-state index in [9.17, 15) is 14.4 Å². The zero-order valence-corrected chi connectivity index (χ0v) is 10.4. The first-order valence-electron chi connectivity index (χ1n) is 6.01. The summed E-state index contributed by atoms with van der Waals surface area (Å²) in [5, 5.41) is 11.2. The van der Waals surface area contributed by atoms with Crippen molar-refractivity contribution in [3.63, 3.8) is 0 Å². The van der Waals surface area contributed by atoms with Gasteiger partial charge in [0.05, 0.1) is 12.0 Å². The maximum Gasteiger partial charge on any atom is 0.334 e. The van der Waals surface area contributed by atoms with Crippen molar-refractivity contribution >= 4 is 18.0 Å². The van der Waals surface area contributed by atoms with Crippen LogP contribution in [0, 0.1) is 0 Å². The summed E-state index contributed by atoms with van der Waals surface area (Å²) in [6.45, 7) is 3.40. The van der Waals surface area contributed by atoms with Crippen molar-refractivity contribution in [1.29, 1.82) is 0 Å². The van der Waals surface area contributed by atoms with Crippen molar-refractivity contribution in [2.24, 2.45) is 5.73 Å². The number of aliphatic carboxylic acids is 1. The van der Waals surface area contributed by atoms with Crippen LogP contribution in [0.3, 0.4) is 0 Å². The summed E-state index contributed by atoms with van der Waals surface area (Å²) in [6, 6.07) is -0.649. The summed E-state index contributed by atoms with van der Waals surface area (Å²) in [6.07, 6.45) is 2.23. The Hall–Kier alpha value is -2.05. The smallest absolute Gasteiger partial charge is 0.334 e. The minimum absolute atomic E-state index is 0.103. The van der Waals surface area contributed by atoms with Gasteiger partial charge in [0.1, 0.15) is 5.60 Å². The Morgan fingerprint density at radius 3 is 2.21 bits per heavy atom. The van der Waals surface area contributed by atoms with Gasteiger partial charge in [-0.1, -0.05) is 6.58 Å². The fourth-order valence-corrected chi connectivity index (χ4v) is 2.35. The van der Waals surface area contributed by atoms with Crippen LogP contribution in [-0.4, -0.2) is 34.2 Å². The Morgan fingerprint density at radius 1 is 1.26 bits per heavy atom. The predicted molar refractivity (Wildman–Crippen MR) is 64.1 cm³/mol. The van der Waals surface area contributed by atoms with Gasteiger partial charge in [0.25, 0.3) is 0 Å². The van der Waals surface area contributed by atoms with Gasteiger partial charge in [0, 0.05) is 5.57 Å². The Labute approximate surface area is 109 Å². The number of hydrogen-bond donors (Lipinski definition) is 3. The molecule has 2 fully saturated rings. The molecule has 7 nitrogen and oxygen atoms in total. The Morgan fingerprint density at radius 2 is 1.84 bits per heavy atom. The number of urea groups is 1. The molecular weight excluding hydrogens is 252 g/mol. The molecule has 2 rings (SSSR count). The summed E-state index contributed by atoms with van der Waals surface area (Å²) >= 11 is 0. The highest BCUT2D eigenvalue weighted by Gasteiger charge is 2.69.